The lowest BCUT2D eigenvalue weighted by molar-refractivity contribution is 0.670. The Morgan fingerprint density at radius 1 is 0.394 bits per heavy atom. The van der Waals surface area contributed by atoms with Crippen molar-refractivity contribution in [2.24, 2.45) is 0 Å². The fourth-order valence-corrected chi connectivity index (χ4v) is 11.4. The second-order valence-electron chi connectivity index (χ2n) is 17.0. The quantitative estimate of drug-likeness (QED) is 0.152. The van der Waals surface area contributed by atoms with Gasteiger partial charge in [-0.05, 0) is 98.6 Å². The lowest BCUT2D eigenvalue weighted by Gasteiger charge is -2.35. The number of hydrogen-bond acceptors (Lipinski definition) is 4. The van der Waals surface area contributed by atoms with Crippen LogP contribution in [0.5, 0.6) is 0 Å². The van der Waals surface area contributed by atoms with Crippen molar-refractivity contribution in [2.75, 3.05) is 4.90 Å². The van der Waals surface area contributed by atoms with E-state index in [-0.39, 0.29) is 0 Å². The summed E-state index contributed by atoms with van der Waals surface area (Å²) in [5.41, 5.74) is 18.7. The zero-order chi connectivity index (χ0) is 43.6. The van der Waals surface area contributed by atoms with E-state index in [2.05, 4.69) is 235 Å². The van der Waals surface area contributed by atoms with E-state index >= 15 is 0 Å². The van der Waals surface area contributed by atoms with Gasteiger partial charge in [-0.2, -0.15) is 0 Å². The maximum atomic E-state index is 6.50. The van der Waals surface area contributed by atoms with Crippen molar-refractivity contribution in [2.45, 2.75) is 5.41 Å². The molecule has 0 fully saturated rings. The molecule has 0 N–H and O–H groups in total. The molecule has 0 atom stereocenters. The molecule has 0 radical (unpaired) electrons. The molecule has 0 saturated heterocycles. The molecule has 10 aromatic carbocycles. The molecule has 1 aliphatic rings. The van der Waals surface area contributed by atoms with Crippen LogP contribution in [-0.2, 0) is 5.41 Å². The molecule has 310 valence electrons. The highest BCUT2D eigenvalue weighted by atomic mass is 32.1. The van der Waals surface area contributed by atoms with Crippen molar-refractivity contribution in [1.82, 2.24) is 4.98 Å². The summed E-state index contributed by atoms with van der Waals surface area (Å²) < 4.78 is 7.63. The van der Waals surface area contributed by atoms with E-state index in [0.29, 0.717) is 0 Å². The third kappa shape index (κ3) is 6.07. The minimum Gasteiger partial charge on any atom is -0.455 e. The number of thiazole rings is 1. The zero-order valence-corrected chi connectivity index (χ0v) is 36.6. The minimum absolute atomic E-state index is 0.530. The predicted octanol–water partition coefficient (Wildman–Crippen LogP) is 17.0. The van der Waals surface area contributed by atoms with Crippen LogP contribution in [-0.4, -0.2) is 4.98 Å². The van der Waals surface area contributed by atoms with Crippen molar-refractivity contribution in [3.8, 4) is 44.0 Å². The summed E-state index contributed by atoms with van der Waals surface area (Å²) in [6, 6.07) is 87.7. The van der Waals surface area contributed by atoms with Gasteiger partial charge in [-0.25, -0.2) is 4.98 Å². The Labute approximate surface area is 387 Å². The van der Waals surface area contributed by atoms with Crippen molar-refractivity contribution < 1.29 is 4.42 Å². The van der Waals surface area contributed by atoms with E-state index < -0.39 is 5.41 Å². The molecule has 1 aliphatic carbocycles. The molecule has 13 rings (SSSR count). The molecular weight excluding hydrogens is 821 g/mol. The average molecular weight is 861 g/mol. The highest BCUT2D eigenvalue weighted by Gasteiger charge is 2.46. The van der Waals surface area contributed by atoms with Gasteiger partial charge in [-0.1, -0.05) is 194 Å². The summed E-state index contributed by atoms with van der Waals surface area (Å²) in [5.74, 6) is 0. The lowest BCUT2D eigenvalue weighted by atomic mass is 9.67. The Hall–Kier alpha value is -8.31. The first-order valence-corrected chi connectivity index (χ1v) is 23.3. The Balaban J connectivity index is 0.977. The third-order valence-electron chi connectivity index (χ3n) is 13.4. The molecule has 12 aromatic rings. The minimum atomic E-state index is -0.530. The number of aromatic nitrogens is 1. The van der Waals surface area contributed by atoms with Crippen LogP contribution >= 0.6 is 11.3 Å². The first-order valence-electron chi connectivity index (χ1n) is 22.4. The van der Waals surface area contributed by atoms with E-state index in [1.165, 1.54) is 44.5 Å². The van der Waals surface area contributed by atoms with E-state index in [4.69, 9.17) is 9.40 Å². The summed E-state index contributed by atoms with van der Waals surface area (Å²) in [6.07, 6.45) is 0. The maximum absolute atomic E-state index is 6.50. The Morgan fingerprint density at radius 2 is 0.955 bits per heavy atom. The van der Waals surface area contributed by atoms with E-state index in [9.17, 15) is 0 Å². The zero-order valence-electron chi connectivity index (χ0n) is 35.8. The van der Waals surface area contributed by atoms with Gasteiger partial charge < -0.3 is 9.32 Å². The number of nitrogens with zero attached hydrogens (tertiary/aromatic N) is 2. The highest BCUT2D eigenvalue weighted by Crippen LogP contribution is 2.57. The Bertz CT molecular complexity index is 3700. The van der Waals surface area contributed by atoms with E-state index in [1.54, 1.807) is 11.3 Å². The second kappa shape index (κ2) is 15.4. The number of hydrogen-bond donors (Lipinski definition) is 0. The van der Waals surface area contributed by atoms with Crippen molar-refractivity contribution >= 4 is 60.6 Å². The number of rotatable bonds is 8. The van der Waals surface area contributed by atoms with Gasteiger partial charge in [0.2, 0.25) is 0 Å². The van der Waals surface area contributed by atoms with E-state index in [0.717, 1.165) is 70.9 Å². The van der Waals surface area contributed by atoms with Gasteiger partial charge in [0, 0.05) is 39.0 Å². The molecule has 2 heterocycles. The van der Waals surface area contributed by atoms with Crippen molar-refractivity contribution in [1.29, 1.82) is 0 Å². The van der Waals surface area contributed by atoms with Crippen LogP contribution in [0.4, 0.5) is 17.1 Å². The summed E-state index contributed by atoms with van der Waals surface area (Å²) >= 11 is 1.73. The summed E-state index contributed by atoms with van der Waals surface area (Å²) in [5, 5.41) is 3.25. The molecule has 3 nitrogen and oxygen atoms in total. The standard InChI is InChI=1S/C62H40N2OS/c1-4-15-41(16-5-1)42-27-29-44(30-28-42)61-63-57-38-36-49(40-59(57)66-61)64(47-33-31-43(32-34-47)50-23-14-24-54-53-22-11-13-26-58(53)65-60(50)54)48-35-37-52-51-21-10-12-25-55(51)62(56(52)39-48,45-17-6-2-7-18-45)46-19-8-3-9-20-46/h1-40H. The van der Waals surface area contributed by atoms with Crippen LogP contribution in [0.3, 0.4) is 0 Å². The van der Waals surface area contributed by atoms with Gasteiger partial charge in [0.15, 0.2) is 0 Å². The summed E-state index contributed by atoms with van der Waals surface area (Å²) in [7, 11) is 0. The highest BCUT2D eigenvalue weighted by molar-refractivity contribution is 7.21. The molecule has 0 spiro atoms. The third-order valence-corrected chi connectivity index (χ3v) is 14.5. The second-order valence-corrected chi connectivity index (χ2v) is 18.1. The topological polar surface area (TPSA) is 29.3 Å². The molecule has 66 heavy (non-hydrogen) atoms. The van der Waals surface area contributed by atoms with Gasteiger partial charge in [0.1, 0.15) is 16.2 Å². The van der Waals surface area contributed by atoms with Crippen LogP contribution in [0.1, 0.15) is 22.3 Å². The smallest absolute Gasteiger partial charge is 0.143 e. The SMILES string of the molecule is c1ccc(-c2ccc(-c3nc4ccc(N(c5ccc(-c6cccc7c6oc6ccccc67)cc5)c5ccc6c(c5)C(c5ccccc5)(c5ccccc5)c5ccccc5-6)cc4s3)cc2)cc1. The van der Waals surface area contributed by atoms with Crippen LogP contribution < -0.4 is 4.90 Å². The fraction of sp³-hybridized carbons (Fsp3) is 0.0161. The molecule has 0 unspecified atom stereocenters. The molecule has 0 amide bonds. The van der Waals surface area contributed by atoms with Gasteiger partial charge >= 0.3 is 0 Å². The van der Waals surface area contributed by atoms with Gasteiger partial charge in [0.05, 0.1) is 15.6 Å². The molecule has 0 bridgehead atoms. The molecular formula is C62H40N2OS. The maximum Gasteiger partial charge on any atom is 0.143 e. The number of para-hydroxylation sites is 2. The molecule has 4 heteroatoms. The monoisotopic (exact) mass is 860 g/mol. The number of benzene rings is 10. The number of anilines is 3. The number of furan rings is 1. The van der Waals surface area contributed by atoms with Crippen molar-refractivity contribution in [3.63, 3.8) is 0 Å². The lowest BCUT2D eigenvalue weighted by Crippen LogP contribution is -2.28. The van der Waals surface area contributed by atoms with Gasteiger partial charge in [-0.3, -0.25) is 0 Å². The van der Waals surface area contributed by atoms with E-state index in [1.807, 2.05) is 12.1 Å². The summed E-state index contributed by atoms with van der Waals surface area (Å²) in [4.78, 5) is 7.57. The van der Waals surface area contributed by atoms with Crippen LogP contribution in [0.25, 0.3) is 76.1 Å². The first kappa shape index (κ1) is 38.2. The summed E-state index contributed by atoms with van der Waals surface area (Å²) in [6.45, 7) is 0. The Kier molecular flexibility index (Phi) is 8.93. The Morgan fingerprint density at radius 3 is 1.73 bits per heavy atom. The largest absolute Gasteiger partial charge is 0.455 e. The number of fused-ring (bicyclic) bond motifs is 7. The van der Waals surface area contributed by atoms with Gasteiger partial charge in [-0.15, -0.1) is 11.3 Å². The average Bonchev–Trinajstić information content (AvgIpc) is 4.08. The fourth-order valence-electron chi connectivity index (χ4n) is 10.4. The molecule has 0 aliphatic heterocycles. The molecule has 0 saturated carbocycles. The van der Waals surface area contributed by atoms with Crippen LogP contribution in [0.2, 0.25) is 0 Å². The van der Waals surface area contributed by atoms with Gasteiger partial charge in [0.25, 0.3) is 0 Å². The molecule has 2 aromatic heterocycles. The first-order chi connectivity index (χ1) is 32.7. The normalized spacial score (nSPS) is 12.7. The van der Waals surface area contributed by atoms with Crippen LogP contribution in [0, 0.1) is 0 Å². The van der Waals surface area contributed by atoms with Crippen LogP contribution in [0.15, 0.2) is 247 Å². The van der Waals surface area contributed by atoms with Crippen molar-refractivity contribution in [3.05, 3.63) is 265 Å². The predicted molar refractivity (Wildman–Crippen MR) is 275 cm³/mol.